The van der Waals surface area contributed by atoms with Crippen LogP contribution >= 0.6 is 35.3 Å². The largest absolute Gasteiger partial charge is 0.347 e. The minimum absolute atomic E-state index is 0.0201. The molecule has 0 aromatic heterocycles. The van der Waals surface area contributed by atoms with E-state index in [0.29, 0.717) is 13.1 Å². The molecule has 7 heteroatoms. The summed E-state index contributed by atoms with van der Waals surface area (Å²) in [4.78, 5) is 27.5. The maximum absolute atomic E-state index is 11.7. The van der Waals surface area contributed by atoms with Crippen LogP contribution in [0, 0.1) is 0 Å². The van der Waals surface area contributed by atoms with Crippen molar-refractivity contribution in [2.45, 2.75) is 46.3 Å². The van der Waals surface area contributed by atoms with Crippen LogP contribution in [0.3, 0.4) is 0 Å². The molecule has 144 valence electrons. The number of rotatable bonds is 8. The Morgan fingerprint density at radius 2 is 1.00 bits per heavy atom. The normalized spacial score (nSPS) is 10.4. The number of thioether (sulfide) groups is 2. The second kappa shape index (κ2) is 12.0. The van der Waals surface area contributed by atoms with E-state index >= 15 is 0 Å². The first kappa shape index (κ1) is 21.7. The molecule has 2 aromatic carbocycles. The number of carbonyl (C=O) groups is 2. The van der Waals surface area contributed by atoms with Gasteiger partial charge in [-0.25, -0.2) is 0 Å². The van der Waals surface area contributed by atoms with Crippen molar-refractivity contribution in [3.63, 3.8) is 0 Å². The summed E-state index contributed by atoms with van der Waals surface area (Å²) in [7, 11) is 0. The van der Waals surface area contributed by atoms with Gasteiger partial charge in [-0.05, 0) is 84.9 Å². The Morgan fingerprint density at radius 1 is 0.667 bits per heavy atom. The van der Waals surface area contributed by atoms with Crippen LogP contribution < -0.4 is 10.6 Å². The van der Waals surface area contributed by atoms with Gasteiger partial charge in [0.05, 0.1) is 0 Å². The van der Waals surface area contributed by atoms with E-state index in [9.17, 15) is 9.59 Å². The average molecular weight is 421 g/mol. The Labute approximate surface area is 173 Å². The molecular formula is C20H24N2O2S3. The first-order valence-electron chi connectivity index (χ1n) is 8.90. The second-order valence-corrected chi connectivity index (χ2v) is 8.92. The van der Waals surface area contributed by atoms with Crippen molar-refractivity contribution in [2.75, 3.05) is 13.1 Å². The maximum atomic E-state index is 11.7. The monoisotopic (exact) mass is 420 g/mol. The van der Waals surface area contributed by atoms with Crippen LogP contribution in [0.2, 0.25) is 0 Å². The van der Waals surface area contributed by atoms with E-state index in [-0.39, 0.29) is 10.5 Å². The highest BCUT2D eigenvalue weighted by Crippen LogP contribution is 2.31. The molecule has 4 nitrogen and oxygen atoms in total. The molecule has 2 amide bonds. The van der Waals surface area contributed by atoms with Gasteiger partial charge in [0.15, 0.2) is 0 Å². The van der Waals surface area contributed by atoms with Crippen molar-refractivity contribution in [2.24, 2.45) is 0 Å². The van der Waals surface area contributed by atoms with Gasteiger partial charge in [0.25, 0.3) is 10.5 Å². The van der Waals surface area contributed by atoms with Gasteiger partial charge in [-0.3, -0.25) is 9.59 Å². The smallest absolute Gasteiger partial charge is 0.283 e. The average Bonchev–Trinajstić information content (AvgIpc) is 2.68. The molecule has 0 saturated heterocycles. The van der Waals surface area contributed by atoms with Crippen molar-refractivity contribution in [3.8, 4) is 0 Å². The molecule has 0 spiro atoms. The summed E-state index contributed by atoms with van der Waals surface area (Å²) in [6.45, 7) is 5.47. The van der Waals surface area contributed by atoms with E-state index in [0.717, 1.165) is 32.4 Å². The first-order chi connectivity index (χ1) is 13.1. The van der Waals surface area contributed by atoms with Crippen molar-refractivity contribution >= 4 is 45.8 Å². The van der Waals surface area contributed by atoms with Crippen LogP contribution in [-0.4, -0.2) is 23.6 Å². The predicted octanol–water partition coefficient (Wildman–Crippen LogP) is 6.26. The molecular weight excluding hydrogens is 396 g/mol. The highest BCUT2D eigenvalue weighted by Gasteiger charge is 2.06. The molecule has 0 aliphatic heterocycles. The van der Waals surface area contributed by atoms with E-state index in [1.165, 1.54) is 23.5 Å². The third-order valence-corrected chi connectivity index (χ3v) is 6.03. The van der Waals surface area contributed by atoms with Gasteiger partial charge in [0.1, 0.15) is 0 Å². The third-order valence-electron chi connectivity index (χ3n) is 3.34. The Balaban J connectivity index is 1.86. The van der Waals surface area contributed by atoms with Gasteiger partial charge < -0.3 is 10.6 Å². The summed E-state index contributed by atoms with van der Waals surface area (Å²) in [6, 6.07) is 15.9. The highest BCUT2D eigenvalue weighted by atomic mass is 32.2. The Hall–Kier alpha value is -1.57. The lowest BCUT2D eigenvalue weighted by Crippen LogP contribution is -2.18. The lowest BCUT2D eigenvalue weighted by Gasteiger charge is -2.06. The SMILES string of the molecule is CCCNC(=O)Sc1ccc(Sc2ccc(SC(=O)NCCC)cc2)cc1. The zero-order chi connectivity index (χ0) is 19.5. The van der Waals surface area contributed by atoms with E-state index in [4.69, 9.17) is 0 Å². The number of nitrogens with one attached hydrogen (secondary N) is 2. The van der Waals surface area contributed by atoms with Crippen molar-refractivity contribution in [1.29, 1.82) is 0 Å². The fraction of sp³-hybridized carbons (Fsp3) is 0.300. The minimum Gasteiger partial charge on any atom is -0.347 e. The lowest BCUT2D eigenvalue weighted by molar-refractivity contribution is 0.260. The maximum Gasteiger partial charge on any atom is 0.283 e. The highest BCUT2D eigenvalue weighted by molar-refractivity contribution is 8.13. The minimum atomic E-state index is -0.0201. The summed E-state index contributed by atoms with van der Waals surface area (Å²) in [5.74, 6) is 0. The zero-order valence-electron chi connectivity index (χ0n) is 15.5. The fourth-order valence-corrected chi connectivity index (χ4v) is 4.17. The van der Waals surface area contributed by atoms with E-state index in [1.807, 2.05) is 62.4 Å². The van der Waals surface area contributed by atoms with Gasteiger partial charge >= 0.3 is 0 Å². The van der Waals surface area contributed by atoms with Gasteiger partial charge in [-0.1, -0.05) is 25.6 Å². The number of benzene rings is 2. The molecule has 0 bridgehead atoms. The number of hydrogen-bond donors (Lipinski definition) is 2. The Morgan fingerprint density at radius 3 is 1.33 bits per heavy atom. The molecule has 0 fully saturated rings. The molecule has 0 aliphatic carbocycles. The van der Waals surface area contributed by atoms with E-state index in [1.54, 1.807) is 11.8 Å². The van der Waals surface area contributed by atoms with Crippen molar-refractivity contribution in [3.05, 3.63) is 48.5 Å². The van der Waals surface area contributed by atoms with Gasteiger partial charge in [-0.2, -0.15) is 0 Å². The Kier molecular flexibility index (Phi) is 9.66. The van der Waals surface area contributed by atoms with Crippen molar-refractivity contribution in [1.82, 2.24) is 10.6 Å². The summed E-state index contributed by atoms with van der Waals surface area (Å²) < 4.78 is 0. The fourth-order valence-electron chi connectivity index (χ4n) is 2.03. The van der Waals surface area contributed by atoms with Crippen LogP contribution in [0.15, 0.2) is 68.1 Å². The topological polar surface area (TPSA) is 58.2 Å². The van der Waals surface area contributed by atoms with Crippen LogP contribution in [0.25, 0.3) is 0 Å². The Bertz CT molecular complexity index is 670. The molecule has 0 atom stereocenters. The molecule has 2 rings (SSSR count). The summed E-state index contributed by atoms with van der Waals surface area (Å²) >= 11 is 4.07. The molecule has 0 saturated carbocycles. The van der Waals surface area contributed by atoms with E-state index < -0.39 is 0 Å². The summed E-state index contributed by atoms with van der Waals surface area (Å²) in [6.07, 6.45) is 1.87. The van der Waals surface area contributed by atoms with Crippen LogP contribution in [0.4, 0.5) is 9.59 Å². The second-order valence-electron chi connectivity index (χ2n) is 5.68. The lowest BCUT2D eigenvalue weighted by atomic mass is 10.4. The summed E-state index contributed by atoms with van der Waals surface area (Å²) in [5.41, 5.74) is 0. The molecule has 0 unspecified atom stereocenters. The van der Waals surface area contributed by atoms with E-state index in [2.05, 4.69) is 10.6 Å². The summed E-state index contributed by atoms with van der Waals surface area (Å²) in [5, 5.41) is 5.67. The molecule has 0 heterocycles. The van der Waals surface area contributed by atoms with Gasteiger partial charge in [0.2, 0.25) is 0 Å². The number of carbonyl (C=O) groups excluding carboxylic acids is 2. The molecule has 27 heavy (non-hydrogen) atoms. The molecule has 0 aliphatic rings. The number of hydrogen-bond acceptors (Lipinski definition) is 5. The van der Waals surface area contributed by atoms with Crippen LogP contribution in [0.5, 0.6) is 0 Å². The zero-order valence-corrected chi connectivity index (χ0v) is 17.9. The number of amides is 2. The molecule has 2 aromatic rings. The van der Waals surface area contributed by atoms with Crippen LogP contribution in [-0.2, 0) is 0 Å². The standard InChI is InChI=1S/C20H24N2O2S3/c1-3-13-21-19(23)26-17-9-5-15(6-10-17)25-16-7-11-18(12-8-16)27-20(24)22-14-4-2/h5-12H,3-4,13-14H2,1-2H3,(H,21,23)(H,22,24). The van der Waals surface area contributed by atoms with Crippen molar-refractivity contribution < 1.29 is 9.59 Å². The van der Waals surface area contributed by atoms with Crippen LogP contribution in [0.1, 0.15) is 26.7 Å². The third kappa shape index (κ3) is 8.32. The van der Waals surface area contributed by atoms with Gasteiger partial charge in [0, 0.05) is 32.7 Å². The quantitative estimate of drug-likeness (QED) is 0.494. The molecule has 2 N–H and O–H groups in total. The predicted molar refractivity (Wildman–Crippen MR) is 116 cm³/mol. The molecule has 0 radical (unpaired) electrons. The first-order valence-corrected chi connectivity index (χ1v) is 11.3. The van der Waals surface area contributed by atoms with Gasteiger partial charge in [-0.15, -0.1) is 0 Å².